The Morgan fingerprint density at radius 3 is 2.31 bits per heavy atom. The molecule has 0 bridgehead atoms. The average molecular weight is 191 g/mol. The molecule has 1 aromatic rings. The van der Waals surface area contributed by atoms with Gasteiger partial charge in [-0.15, -0.1) is 0 Å². The number of halogens is 3. The fourth-order valence-electron chi connectivity index (χ4n) is 0.951. The van der Waals surface area contributed by atoms with Crippen LogP contribution < -0.4 is 4.74 Å². The summed E-state index contributed by atoms with van der Waals surface area (Å²) in [6, 6.07) is 2.15. The van der Waals surface area contributed by atoms with Crippen LogP contribution in [0, 0.1) is 6.92 Å². The van der Waals surface area contributed by atoms with Crippen molar-refractivity contribution >= 4 is 0 Å². The van der Waals surface area contributed by atoms with E-state index in [9.17, 15) is 13.2 Å². The number of alkyl halides is 3. The maximum Gasteiger partial charge on any atom is 0.418 e. The zero-order chi connectivity index (χ0) is 10.1. The number of aryl methyl sites for hydroxylation is 1. The van der Waals surface area contributed by atoms with Crippen LogP contribution in [0.3, 0.4) is 0 Å². The molecule has 1 rings (SSSR count). The molecule has 1 aromatic heterocycles. The van der Waals surface area contributed by atoms with Crippen LogP contribution in [0.1, 0.15) is 11.3 Å². The number of rotatable bonds is 1. The third-order valence-electron chi connectivity index (χ3n) is 1.57. The lowest BCUT2D eigenvalue weighted by Gasteiger charge is -2.09. The van der Waals surface area contributed by atoms with Gasteiger partial charge in [-0.25, -0.2) is 4.98 Å². The number of hydrogen-bond donors (Lipinski definition) is 0. The van der Waals surface area contributed by atoms with Gasteiger partial charge in [0.05, 0.1) is 18.4 Å². The summed E-state index contributed by atoms with van der Waals surface area (Å²) >= 11 is 0. The lowest BCUT2D eigenvalue weighted by molar-refractivity contribution is -0.138. The summed E-state index contributed by atoms with van der Waals surface area (Å²) in [4.78, 5) is 3.62. The Balaban J connectivity index is 3.13. The zero-order valence-electron chi connectivity index (χ0n) is 7.14. The molecule has 0 saturated heterocycles. The van der Waals surface area contributed by atoms with E-state index in [1.54, 1.807) is 0 Å². The van der Waals surface area contributed by atoms with Crippen LogP contribution in [0.5, 0.6) is 5.88 Å². The van der Waals surface area contributed by atoms with Crippen LogP contribution in [0.2, 0.25) is 0 Å². The van der Waals surface area contributed by atoms with E-state index in [1.807, 2.05) is 0 Å². The summed E-state index contributed by atoms with van der Waals surface area (Å²) in [6.45, 7) is 1.30. The molecule has 2 nitrogen and oxygen atoms in total. The molecule has 0 saturated carbocycles. The zero-order valence-corrected chi connectivity index (χ0v) is 7.14. The first kappa shape index (κ1) is 9.83. The van der Waals surface area contributed by atoms with Gasteiger partial charge in [-0.1, -0.05) is 0 Å². The Bertz CT molecular complexity index is 309. The topological polar surface area (TPSA) is 22.1 Å². The van der Waals surface area contributed by atoms with Gasteiger partial charge in [-0.05, 0) is 13.0 Å². The lowest BCUT2D eigenvalue weighted by atomic mass is 10.2. The van der Waals surface area contributed by atoms with Crippen molar-refractivity contribution in [2.24, 2.45) is 0 Å². The van der Waals surface area contributed by atoms with Crippen molar-refractivity contribution in [3.05, 3.63) is 23.4 Å². The highest BCUT2D eigenvalue weighted by Gasteiger charge is 2.32. The highest BCUT2D eigenvalue weighted by Crippen LogP contribution is 2.31. The lowest BCUT2D eigenvalue weighted by Crippen LogP contribution is -2.08. The molecule has 0 radical (unpaired) electrons. The SMILES string of the molecule is COc1ccc(C(F)(F)F)c(C)n1. The summed E-state index contributed by atoms with van der Waals surface area (Å²) in [5.41, 5.74) is -0.805. The van der Waals surface area contributed by atoms with E-state index in [-0.39, 0.29) is 11.6 Å². The molecule has 0 spiro atoms. The van der Waals surface area contributed by atoms with Crippen molar-refractivity contribution in [2.75, 3.05) is 7.11 Å². The number of hydrogen-bond acceptors (Lipinski definition) is 2. The number of nitrogens with zero attached hydrogens (tertiary/aromatic N) is 1. The second-order valence-corrected chi connectivity index (χ2v) is 2.48. The Kier molecular flexibility index (Phi) is 2.45. The molecular formula is C8H8F3NO. The highest BCUT2D eigenvalue weighted by atomic mass is 19.4. The first-order valence-corrected chi connectivity index (χ1v) is 3.54. The average Bonchev–Trinajstić information content (AvgIpc) is 2.01. The fourth-order valence-corrected chi connectivity index (χ4v) is 0.951. The molecule has 0 atom stereocenters. The van der Waals surface area contributed by atoms with Crippen molar-refractivity contribution in [1.29, 1.82) is 0 Å². The second kappa shape index (κ2) is 3.24. The smallest absolute Gasteiger partial charge is 0.418 e. The number of aromatic nitrogens is 1. The summed E-state index contributed by atoms with van der Waals surface area (Å²) < 4.78 is 41.3. The summed E-state index contributed by atoms with van der Waals surface area (Å²) in [6.07, 6.45) is -4.34. The van der Waals surface area contributed by atoms with Gasteiger partial charge < -0.3 is 4.74 Å². The summed E-state index contributed by atoms with van der Waals surface area (Å²) in [7, 11) is 1.36. The molecule has 72 valence electrons. The predicted octanol–water partition coefficient (Wildman–Crippen LogP) is 2.42. The summed E-state index contributed by atoms with van der Waals surface area (Å²) in [5, 5.41) is 0. The van der Waals surface area contributed by atoms with Crippen molar-refractivity contribution < 1.29 is 17.9 Å². The van der Waals surface area contributed by atoms with Gasteiger partial charge in [0.25, 0.3) is 0 Å². The molecule has 0 unspecified atom stereocenters. The van der Waals surface area contributed by atoms with Crippen molar-refractivity contribution in [1.82, 2.24) is 4.98 Å². The minimum atomic E-state index is -4.34. The number of methoxy groups -OCH3 is 1. The normalized spacial score (nSPS) is 11.5. The first-order valence-electron chi connectivity index (χ1n) is 3.54. The number of ether oxygens (including phenoxy) is 1. The monoisotopic (exact) mass is 191 g/mol. The quantitative estimate of drug-likeness (QED) is 0.680. The van der Waals surface area contributed by atoms with Gasteiger partial charge in [0.15, 0.2) is 0 Å². The van der Waals surface area contributed by atoms with Crippen LogP contribution in [-0.4, -0.2) is 12.1 Å². The Hall–Kier alpha value is -1.26. The van der Waals surface area contributed by atoms with Crippen LogP contribution in [0.4, 0.5) is 13.2 Å². The van der Waals surface area contributed by atoms with Crippen molar-refractivity contribution in [3.63, 3.8) is 0 Å². The Morgan fingerprint density at radius 1 is 1.31 bits per heavy atom. The highest BCUT2D eigenvalue weighted by molar-refractivity contribution is 5.27. The molecule has 0 N–H and O–H groups in total. The van der Waals surface area contributed by atoms with Gasteiger partial charge in [0.1, 0.15) is 0 Å². The van der Waals surface area contributed by atoms with Crippen molar-refractivity contribution in [2.45, 2.75) is 13.1 Å². The molecule has 13 heavy (non-hydrogen) atoms. The minimum Gasteiger partial charge on any atom is -0.481 e. The van der Waals surface area contributed by atoms with E-state index in [4.69, 9.17) is 0 Å². The molecule has 0 aliphatic heterocycles. The summed E-state index contributed by atoms with van der Waals surface area (Å²) in [5.74, 6) is 0.186. The van der Waals surface area contributed by atoms with Gasteiger partial charge in [0.2, 0.25) is 5.88 Å². The Labute approximate surface area is 73.4 Å². The maximum atomic E-state index is 12.2. The molecule has 0 fully saturated rings. The molecule has 0 aliphatic rings. The van der Waals surface area contributed by atoms with Crippen molar-refractivity contribution in [3.8, 4) is 5.88 Å². The van der Waals surface area contributed by atoms with E-state index < -0.39 is 11.7 Å². The largest absolute Gasteiger partial charge is 0.481 e. The van der Waals surface area contributed by atoms with Gasteiger partial charge in [-0.3, -0.25) is 0 Å². The van der Waals surface area contributed by atoms with Crippen LogP contribution in [0.15, 0.2) is 12.1 Å². The molecule has 1 heterocycles. The van der Waals surface area contributed by atoms with Crippen LogP contribution in [0.25, 0.3) is 0 Å². The third kappa shape index (κ3) is 2.11. The standard InChI is InChI=1S/C8H8F3NO/c1-5-6(8(9,10)11)3-4-7(12-5)13-2/h3-4H,1-2H3. The predicted molar refractivity (Wildman–Crippen MR) is 40.5 cm³/mol. The van der Waals surface area contributed by atoms with Gasteiger partial charge in [0, 0.05) is 6.07 Å². The molecule has 0 aliphatic carbocycles. The van der Waals surface area contributed by atoms with E-state index in [1.165, 1.54) is 20.1 Å². The molecule has 0 aromatic carbocycles. The maximum absolute atomic E-state index is 12.2. The molecule has 5 heteroatoms. The van der Waals surface area contributed by atoms with E-state index in [0.717, 1.165) is 6.07 Å². The van der Waals surface area contributed by atoms with Crippen LogP contribution in [-0.2, 0) is 6.18 Å². The minimum absolute atomic E-state index is 0.0770. The van der Waals surface area contributed by atoms with E-state index in [0.29, 0.717) is 0 Å². The first-order chi connectivity index (χ1) is 5.95. The third-order valence-corrected chi connectivity index (χ3v) is 1.57. The van der Waals surface area contributed by atoms with E-state index >= 15 is 0 Å². The molecular weight excluding hydrogens is 183 g/mol. The van der Waals surface area contributed by atoms with Gasteiger partial charge >= 0.3 is 6.18 Å². The number of pyridine rings is 1. The molecule has 0 amide bonds. The van der Waals surface area contributed by atoms with E-state index in [2.05, 4.69) is 9.72 Å². The Morgan fingerprint density at radius 2 is 1.92 bits per heavy atom. The van der Waals surface area contributed by atoms with Crippen LogP contribution >= 0.6 is 0 Å². The fraction of sp³-hybridized carbons (Fsp3) is 0.375. The van der Waals surface area contributed by atoms with Gasteiger partial charge in [-0.2, -0.15) is 13.2 Å². The second-order valence-electron chi connectivity index (χ2n) is 2.48.